The molecule has 0 amide bonds. The third-order valence-corrected chi connectivity index (χ3v) is 5.12. The summed E-state index contributed by atoms with van der Waals surface area (Å²) in [6.45, 7) is 0. The molecule has 154 valence electrons. The summed E-state index contributed by atoms with van der Waals surface area (Å²) < 4.78 is 7.48. The molecule has 5 aromatic heterocycles. The number of hydrogen-bond acceptors (Lipinski definition) is 7. The number of rotatable bonds is 5. The zero-order valence-electron chi connectivity index (χ0n) is 17.0. The molecule has 0 saturated carbocycles. The quantitative estimate of drug-likeness (QED) is 0.455. The van der Waals surface area contributed by atoms with Crippen LogP contribution in [0.4, 0.5) is 5.95 Å². The van der Waals surface area contributed by atoms with E-state index >= 15 is 0 Å². The maximum Gasteiger partial charge on any atom is 0.220 e. The van der Waals surface area contributed by atoms with Crippen molar-refractivity contribution in [2.75, 3.05) is 12.8 Å². The Morgan fingerprint density at radius 1 is 1.10 bits per heavy atom. The Morgan fingerprint density at radius 3 is 2.68 bits per heavy atom. The van der Waals surface area contributed by atoms with Crippen molar-refractivity contribution in [2.24, 2.45) is 7.05 Å². The van der Waals surface area contributed by atoms with Gasteiger partial charge in [0.1, 0.15) is 11.8 Å². The highest BCUT2D eigenvalue weighted by molar-refractivity contribution is 5.95. The molecular formula is C22H20N8O. The molecule has 31 heavy (non-hydrogen) atoms. The fourth-order valence-electron chi connectivity index (χ4n) is 3.67. The van der Waals surface area contributed by atoms with Crippen molar-refractivity contribution in [1.29, 1.82) is 0 Å². The summed E-state index contributed by atoms with van der Waals surface area (Å²) in [6.07, 6.45) is 10.5. The number of nitrogens with zero attached hydrogens (tertiary/aromatic N) is 6. The Kier molecular flexibility index (Phi) is 4.64. The van der Waals surface area contributed by atoms with Crippen molar-refractivity contribution >= 4 is 17.0 Å². The van der Waals surface area contributed by atoms with Crippen LogP contribution in [-0.2, 0) is 11.8 Å². The fraction of sp³-hybridized carbons (Fsp3) is 0.136. The molecule has 9 nitrogen and oxygen atoms in total. The minimum atomic E-state index is -0.388. The van der Waals surface area contributed by atoms with Crippen molar-refractivity contribution in [3.05, 3.63) is 72.7 Å². The Hall–Kier alpha value is -4.11. The minimum absolute atomic E-state index is 0.175. The van der Waals surface area contributed by atoms with Crippen LogP contribution in [0.3, 0.4) is 0 Å². The highest BCUT2D eigenvalue weighted by atomic mass is 16.5. The maximum atomic E-state index is 6.08. The molecular weight excluding hydrogens is 392 g/mol. The van der Waals surface area contributed by atoms with E-state index in [1.54, 1.807) is 24.2 Å². The maximum absolute atomic E-state index is 6.08. The standard InChI is InChI=1S/C22H20N8O/c1-30-12-15(10-27-30)14-7-16-17(11-26-21(16)25-9-14)18-8-19(29-22(23)28-18)20(31-2)13-3-5-24-6-4-13/h3-12,20H,1-2H3,(H,25,26)(H2,23,28,29). The van der Waals surface area contributed by atoms with E-state index in [1.807, 2.05) is 50.0 Å². The van der Waals surface area contributed by atoms with Gasteiger partial charge in [-0.05, 0) is 29.8 Å². The topological polar surface area (TPSA) is 120 Å². The monoisotopic (exact) mass is 412 g/mol. The fourth-order valence-corrected chi connectivity index (χ4v) is 3.67. The summed E-state index contributed by atoms with van der Waals surface area (Å²) in [5.74, 6) is 0.175. The molecule has 0 bridgehead atoms. The molecule has 1 unspecified atom stereocenters. The van der Waals surface area contributed by atoms with Crippen LogP contribution in [0.25, 0.3) is 33.4 Å². The van der Waals surface area contributed by atoms with Gasteiger partial charge < -0.3 is 15.5 Å². The molecule has 0 aliphatic rings. The summed E-state index contributed by atoms with van der Waals surface area (Å²) in [4.78, 5) is 20.7. The Bertz CT molecular complexity index is 1360. The third-order valence-electron chi connectivity index (χ3n) is 5.12. The van der Waals surface area contributed by atoms with Gasteiger partial charge in [-0.15, -0.1) is 0 Å². The highest BCUT2D eigenvalue weighted by Crippen LogP contribution is 2.32. The van der Waals surface area contributed by atoms with Crippen molar-refractivity contribution in [3.8, 4) is 22.4 Å². The van der Waals surface area contributed by atoms with E-state index in [2.05, 4.69) is 36.1 Å². The number of methoxy groups -OCH3 is 1. The van der Waals surface area contributed by atoms with Crippen LogP contribution in [0.2, 0.25) is 0 Å². The van der Waals surface area contributed by atoms with E-state index in [4.69, 9.17) is 10.5 Å². The van der Waals surface area contributed by atoms with Crippen LogP contribution >= 0.6 is 0 Å². The van der Waals surface area contributed by atoms with Crippen molar-refractivity contribution in [1.82, 2.24) is 34.7 Å². The van der Waals surface area contributed by atoms with Gasteiger partial charge in [0, 0.05) is 67.2 Å². The summed E-state index contributed by atoms with van der Waals surface area (Å²) in [7, 11) is 3.52. The van der Waals surface area contributed by atoms with Crippen molar-refractivity contribution < 1.29 is 4.74 Å². The smallest absolute Gasteiger partial charge is 0.220 e. The van der Waals surface area contributed by atoms with Crippen LogP contribution in [0.1, 0.15) is 17.4 Å². The normalized spacial score (nSPS) is 12.3. The van der Waals surface area contributed by atoms with E-state index in [9.17, 15) is 0 Å². The van der Waals surface area contributed by atoms with Gasteiger partial charge in [-0.1, -0.05) is 0 Å². The second kappa shape index (κ2) is 7.62. The zero-order chi connectivity index (χ0) is 21.4. The van der Waals surface area contributed by atoms with Crippen molar-refractivity contribution in [2.45, 2.75) is 6.10 Å². The largest absolute Gasteiger partial charge is 0.370 e. The number of fused-ring (bicyclic) bond motifs is 1. The summed E-state index contributed by atoms with van der Waals surface area (Å²) >= 11 is 0. The molecule has 0 spiro atoms. The molecule has 5 rings (SSSR count). The average molecular weight is 412 g/mol. The lowest BCUT2D eigenvalue weighted by Crippen LogP contribution is -2.09. The van der Waals surface area contributed by atoms with E-state index in [-0.39, 0.29) is 12.1 Å². The number of H-pyrrole nitrogens is 1. The molecule has 5 aromatic rings. The van der Waals surface area contributed by atoms with Crippen LogP contribution in [-0.4, -0.2) is 41.8 Å². The number of aryl methyl sites for hydroxylation is 1. The first-order chi connectivity index (χ1) is 15.1. The van der Waals surface area contributed by atoms with Crippen LogP contribution in [0.5, 0.6) is 0 Å². The molecule has 0 aliphatic carbocycles. The van der Waals surface area contributed by atoms with Gasteiger partial charge in [0.25, 0.3) is 0 Å². The summed E-state index contributed by atoms with van der Waals surface area (Å²) in [6, 6.07) is 7.74. The van der Waals surface area contributed by atoms with Crippen LogP contribution in [0, 0.1) is 0 Å². The average Bonchev–Trinajstić information content (AvgIpc) is 3.40. The van der Waals surface area contributed by atoms with Gasteiger partial charge in [0.15, 0.2) is 0 Å². The van der Waals surface area contributed by atoms with E-state index in [0.29, 0.717) is 11.4 Å². The van der Waals surface area contributed by atoms with E-state index in [0.717, 1.165) is 33.3 Å². The Balaban J connectivity index is 1.62. The lowest BCUT2D eigenvalue weighted by atomic mass is 10.0. The molecule has 0 radical (unpaired) electrons. The molecule has 9 heteroatoms. The van der Waals surface area contributed by atoms with Gasteiger partial charge in [-0.2, -0.15) is 5.10 Å². The zero-order valence-corrected chi connectivity index (χ0v) is 17.0. The first-order valence-corrected chi connectivity index (χ1v) is 9.66. The predicted molar refractivity (Wildman–Crippen MR) is 117 cm³/mol. The number of nitrogens with two attached hydrogens (primary N) is 1. The minimum Gasteiger partial charge on any atom is -0.370 e. The second-order valence-corrected chi connectivity index (χ2v) is 7.16. The first kappa shape index (κ1) is 18.9. The van der Waals surface area contributed by atoms with E-state index in [1.165, 1.54) is 0 Å². The number of nitrogens with one attached hydrogen (secondary N) is 1. The van der Waals surface area contributed by atoms with Crippen molar-refractivity contribution in [3.63, 3.8) is 0 Å². The second-order valence-electron chi connectivity index (χ2n) is 7.16. The lowest BCUT2D eigenvalue weighted by molar-refractivity contribution is 0.133. The number of ether oxygens (including phenoxy) is 1. The highest BCUT2D eigenvalue weighted by Gasteiger charge is 2.19. The Labute approximate surface area is 178 Å². The van der Waals surface area contributed by atoms with Crippen LogP contribution < -0.4 is 5.73 Å². The van der Waals surface area contributed by atoms with Gasteiger partial charge >= 0.3 is 0 Å². The van der Waals surface area contributed by atoms with E-state index < -0.39 is 0 Å². The van der Waals surface area contributed by atoms with Gasteiger partial charge in [-0.3, -0.25) is 9.67 Å². The number of aromatic amines is 1. The third kappa shape index (κ3) is 3.51. The molecule has 0 fully saturated rings. The molecule has 0 saturated heterocycles. The molecule has 0 aliphatic heterocycles. The number of hydrogen-bond donors (Lipinski definition) is 2. The molecule has 5 heterocycles. The first-order valence-electron chi connectivity index (χ1n) is 9.66. The molecule has 3 N–H and O–H groups in total. The summed E-state index contributed by atoms with van der Waals surface area (Å²) in [5.41, 5.74) is 12.0. The van der Waals surface area contributed by atoms with Gasteiger partial charge in [0.2, 0.25) is 5.95 Å². The lowest BCUT2D eigenvalue weighted by Gasteiger charge is -2.16. The predicted octanol–water partition coefficient (Wildman–Crippen LogP) is 3.13. The molecule has 1 atom stereocenters. The SMILES string of the molecule is COC(c1ccncc1)c1cc(-c2c[nH]c3ncc(-c4cnn(C)c4)cc23)nc(N)n1. The van der Waals surface area contributed by atoms with Gasteiger partial charge in [0.05, 0.1) is 17.6 Å². The number of anilines is 1. The summed E-state index contributed by atoms with van der Waals surface area (Å²) in [5, 5.41) is 5.18. The number of pyridine rings is 2. The molecule has 0 aromatic carbocycles. The Morgan fingerprint density at radius 2 is 1.94 bits per heavy atom. The number of nitrogen functional groups attached to an aromatic ring is 1. The number of aromatic nitrogens is 7. The van der Waals surface area contributed by atoms with Crippen LogP contribution in [0.15, 0.2) is 61.4 Å². The van der Waals surface area contributed by atoms with Gasteiger partial charge in [-0.25, -0.2) is 15.0 Å².